The van der Waals surface area contributed by atoms with Crippen molar-refractivity contribution in [3.8, 4) is 5.75 Å². The van der Waals surface area contributed by atoms with E-state index in [1.807, 2.05) is 19.1 Å². The molecule has 0 aliphatic carbocycles. The molecule has 1 heterocycles. The molecule has 0 saturated carbocycles. The van der Waals surface area contributed by atoms with Crippen LogP contribution in [0.25, 0.3) is 0 Å². The van der Waals surface area contributed by atoms with Crippen molar-refractivity contribution in [1.82, 2.24) is 0 Å². The predicted octanol–water partition coefficient (Wildman–Crippen LogP) is 2.58. The van der Waals surface area contributed by atoms with Crippen LogP contribution in [0.15, 0.2) is 42.5 Å². The molecule has 0 fully saturated rings. The first-order valence-corrected chi connectivity index (χ1v) is 6.56. The van der Waals surface area contributed by atoms with E-state index in [1.165, 1.54) is 0 Å². The molecular weight excluding hydrogens is 268 g/mol. The first kappa shape index (κ1) is 13.2. The van der Waals surface area contributed by atoms with E-state index in [2.05, 4.69) is 10.6 Å². The second-order valence-electron chi connectivity index (χ2n) is 4.87. The van der Waals surface area contributed by atoms with Crippen LogP contribution in [0, 0.1) is 6.92 Å². The van der Waals surface area contributed by atoms with Crippen LogP contribution in [0.5, 0.6) is 5.75 Å². The van der Waals surface area contributed by atoms with Crippen LogP contribution in [0.4, 0.5) is 11.4 Å². The van der Waals surface area contributed by atoms with Gasteiger partial charge in [-0.1, -0.05) is 17.7 Å². The number of carbonyl (C=O) groups excluding carboxylic acids is 2. The van der Waals surface area contributed by atoms with Gasteiger partial charge in [0.25, 0.3) is 11.8 Å². The van der Waals surface area contributed by atoms with E-state index in [4.69, 9.17) is 4.74 Å². The molecule has 0 aromatic heterocycles. The van der Waals surface area contributed by atoms with E-state index in [9.17, 15) is 9.59 Å². The number of amides is 2. The van der Waals surface area contributed by atoms with Crippen molar-refractivity contribution < 1.29 is 14.3 Å². The number of hydrogen-bond acceptors (Lipinski definition) is 3. The molecule has 0 atom stereocenters. The molecule has 106 valence electrons. The Morgan fingerprint density at radius 1 is 1.19 bits per heavy atom. The van der Waals surface area contributed by atoms with E-state index in [-0.39, 0.29) is 18.4 Å². The maximum Gasteiger partial charge on any atom is 0.262 e. The minimum absolute atomic E-state index is 0.0159. The Hall–Kier alpha value is -2.82. The van der Waals surface area contributed by atoms with Gasteiger partial charge in [0.1, 0.15) is 5.75 Å². The molecule has 2 amide bonds. The maximum atomic E-state index is 12.1. The molecule has 5 heteroatoms. The Kier molecular flexibility index (Phi) is 3.31. The van der Waals surface area contributed by atoms with Gasteiger partial charge in [0.2, 0.25) is 0 Å². The quantitative estimate of drug-likeness (QED) is 0.889. The number of ether oxygens (including phenoxy) is 1. The number of anilines is 2. The fourth-order valence-electron chi connectivity index (χ4n) is 2.07. The second kappa shape index (κ2) is 5.28. The van der Waals surface area contributed by atoms with Crippen molar-refractivity contribution in [2.75, 3.05) is 17.2 Å². The van der Waals surface area contributed by atoms with Gasteiger partial charge in [-0.15, -0.1) is 0 Å². The van der Waals surface area contributed by atoms with E-state index in [0.29, 0.717) is 22.7 Å². The Bertz CT molecular complexity index is 708. The Labute approximate surface area is 121 Å². The highest BCUT2D eigenvalue weighted by Gasteiger charge is 2.16. The number of carbonyl (C=O) groups is 2. The average molecular weight is 282 g/mol. The van der Waals surface area contributed by atoms with E-state index in [1.54, 1.807) is 30.3 Å². The monoisotopic (exact) mass is 282 g/mol. The summed E-state index contributed by atoms with van der Waals surface area (Å²) in [6.45, 7) is 1.98. The number of hydrogen-bond donors (Lipinski definition) is 2. The summed E-state index contributed by atoms with van der Waals surface area (Å²) in [5.41, 5.74) is 2.84. The lowest BCUT2D eigenvalue weighted by atomic mass is 10.1. The summed E-state index contributed by atoms with van der Waals surface area (Å²) >= 11 is 0. The summed E-state index contributed by atoms with van der Waals surface area (Å²) in [7, 11) is 0. The summed E-state index contributed by atoms with van der Waals surface area (Å²) in [6.07, 6.45) is 0. The highest BCUT2D eigenvalue weighted by molar-refractivity contribution is 6.05. The zero-order valence-electron chi connectivity index (χ0n) is 11.5. The lowest BCUT2D eigenvalue weighted by Gasteiger charge is -2.18. The molecule has 21 heavy (non-hydrogen) atoms. The molecule has 0 spiro atoms. The van der Waals surface area contributed by atoms with Crippen molar-refractivity contribution >= 4 is 23.2 Å². The number of rotatable bonds is 2. The van der Waals surface area contributed by atoms with Gasteiger partial charge in [-0.05, 0) is 37.3 Å². The van der Waals surface area contributed by atoms with Crippen molar-refractivity contribution in [3.63, 3.8) is 0 Å². The van der Waals surface area contributed by atoms with Gasteiger partial charge < -0.3 is 15.4 Å². The minimum Gasteiger partial charge on any atom is -0.482 e. The third-order valence-corrected chi connectivity index (χ3v) is 3.18. The number of nitrogens with one attached hydrogen (secondary N) is 2. The molecule has 1 aliphatic heterocycles. The third-order valence-electron chi connectivity index (χ3n) is 3.18. The normalized spacial score (nSPS) is 12.9. The molecule has 0 saturated heterocycles. The summed E-state index contributed by atoms with van der Waals surface area (Å²) < 4.78 is 5.27. The van der Waals surface area contributed by atoms with E-state index < -0.39 is 0 Å². The van der Waals surface area contributed by atoms with Gasteiger partial charge in [-0.25, -0.2) is 0 Å². The van der Waals surface area contributed by atoms with Crippen LogP contribution in [-0.4, -0.2) is 18.4 Å². The zero-order chi connectivity index (χ0) is 14.8. The Morgan fingerprint density at radius 2 is 1.95 bits per heavy atom. The average Bonchev–Trinajstić information content (AvgIpc) is 2.47. The van der Waals surface area contributed by atoms with Crippen LogP contribution in [-0.2, 0) is 4.79 Å². The summed E-state index contributed by atoms with van der Waals surface area (Å²) in [4.78, 5) is 23.4. The Balaban J connectivity index is 1.79. The highest BCUT2D eigenvalue weighted by atomic mass is 16.5. The molecular formula is C16H14N2O3. The number of benzene rings is 2. The fourth-order valence-corrected chi connectivity index (χ4v) is 2.07. The first-order chi connectivity index (χ1) is 10.1. The van der Waals surface area contributed by atoms with E-state index in [0.717, 1.165) is 5.56 Å². The topological polar surface area (TPSA) is 67.4 Å². The van der Waals surface area contributed by atoms with Gasteiger partial charge in [-0.3, -0.25) is 9.59 Å². The second-order valence-corrected chi connectivity index (χ2v) is 4.87. The zero-order valence-corrected chi connectivity index (χ0v) is 11.5. The van der Waals surface area contributed by atoms with Gasteiger partial charge in [0.05, 0.1) is 5.69 Å². The summed E-state index contributed by atoms with van der Waals surface area (Å²) in [6, 6.07) is 12.5. The van der Waals surface area contributed by atoms with Crippen molar-refractivity contribution in [2.24, 2.45) is 0 Å². The van der Waals surface area contributed by atoms with Crippen molar-refractivity contribution in [3.05, 3.63) is 53.6 Å². The molecule has 2 aromatic rings. The first-order valence-electron chi connectivity index (χ1n) is 6.56. The lowest BCUT2D eigenvalue weighted by molar-refractivity contribution is -0.118. The van der Waals surface area contributed by atoms with Crippen LogP contribution in [0.2, 0.25) is 0 Å². The molecule has 2 N–H and O–H groups in total. The molecule has 2 aromatic carbocycles. The molecule has 3 rings (SSSR count). The maximum absolute atomic E-state index is 12.1. The standard InChI is InChI=1S/C16H14N2O3/c1-10-2-4-11(5-3-10)16(20)17-12-6-7-14-13(8-12)18-15(19)9-21-14/h2-8H,9H2,1H3,(H,17,20)(H,18,19). The summed E-state index contributed by atoms with van der Waals surface area (Å²) in [5.74, 6) is 0.199. The highest BCUT2D eigenvalue weighted by Crippen LogP contribution is 2.30. The molecule has 0 unspecified atom stereocenters. The molecule has 1 aliphatic rings. The van der Waals surface area contributed by atoms with Crippen molar-refractivity contribution in [1.29, 1.82) is 0 Å². The van der Waals surface area contributed by atoms with Crippen LogP contribution >= 0.6 is 0 Å². The van der Waals surface area contributed by atoms with Gasteiger partial charge in [0.15, 0.2) is 6.61 Å². The fraction of sp³-hybridized carbons (Fsp3) is 0.125. The SMILES string of the molecule is Cc1ccc(C(=O)Nc2ccc3c(c2)NC(=O)CO3)cc1. The Morgan fingerprint density at radius 3 is 2.71 bits per heavy atom. The van der Waals surface area contributed by atoms with Gasteiger partial charge >= 0.3 is 0 Å². The van der Waals surface area contributed by atoms with Crippen molar-refractivity contribution in [2.45, 2.75) is 6.92 Å². The third kappa shape index (κ3) is 2.86. The molecule has 0 radical (unpaired) electrons. The van der Waals surface area contributed by atoms with Gasteiger partial charge in [0, 0.05) is 11.3 Å². The van der Waals surface area contributed by atoms with E-state index >= 15 is 0 Å². The lowest BCUT2D eigenvalue weighted by Crippen LogP contribution is -2.25. The number of aryl methyl sites for hydroxylation is 1. The predicted molar refractivity (Wildman–Crippen MR) is 79.7 cm³/mol. The smallest absolute Gasteiger partial charge is 0.262 e. The number of fused-ring (bicyclic) bond motifs is 1. The summed E-state index contributed by atoms with van der Waals surface area (Å²) in [5, 5.41) is 5.50. The van der Waals surface area contributed by atoms with Crippen LogP contribution in [0.3, 0.4) is 0 Å². The van der Waals surface area contributed by atoms with Crippen LogP contribution in [0.1, 0.15) is 15.9 Å². The van der Waals surface area contributed by atoms with Crippen LogP contribution < -0.4 is 15.4 Å². The minimum atomic E-state index is -0.204. The van der Waals surface area contributed by atoms with Gasteiger partial charge in [-0.2, -0.15) is 0 Å². The largest absolute Gasteiger partial charge is 0.482 e. The molecule has 0 bridgehead atoms. The molecule has 5 nitrogen and oxygen atoms in total.